The summed E-state index contributed by atoms with van der Waals surface area (Å²) in [5.41, 5.74) is 2.07. The van der Waals surface area contributed by atoms with Crippen LogP contribution in [0.15, 0.2) is 53.9 Å². The summed E-state index contributed by atoms with van der Waals surface area (Å²) in [6.45, 7) is 1.92. The number of nitrogens with zero attached hydrogens (tertiary/aromatic N) is 2. The van der Waals surface area contributed by atoms with Crippen LogP contribution in [0.1, 0.15) is 15.4 Å². The summed E-state index contributed by atoms with van der Waals surface area (Å²) in [6, 6.07) is 13.1. The number of carbonyl (C=O) groups excluding carboxylic acids is 1. The van der Waals surface area contributed by atoms with Crippen molar-refractivity contribution in [1.29, 1.82) is 0 Å². The molecule has 0 aliphatic rings. The van der Waals surface area contributed by atoms with Crippen molar-refractivity contribution in [2.24, 2.45) is 0 Å². The summed E-state index contributed by atoms with van der Waals surface area (Å²) >= 11 is 1.55. The summed E-state index contributed by atoms with van der Waals surface area (Å²) in [6.07, 6.45) is 0. The molecule has 3 aromatic rings. The van der Waals surface area contributed by atoms with Crippen LogP contribution >= 0.6 is 11.3 Å². The quantitative estimate of drug-likeness (QED) is 0.568. The SMILES string of the molecule is Cc1nc(-c2cccc(NC(=O)c3ccccc3[N+](=O)[O-])c2)cs1. The molecule has 0 bridgehead atoms. The van der Waals surface area contributed by atoms with Crippen LogP contribution in [0.3, 0.4) is 0 Å². The fourth-order valence-electron chi connectivity index (χ4n) is 2.28. The van der Waals surface area contributed by atoms with Gasteiger partial charge in [0, 0.05) is 22.7 Å². The largest absolute Gasteiger partial charge is 0.322 e. The Balaban J connectivity index is 1.87. The number of aryl methyl sites for hydroxylation is 1. The van der Waals surface area contributed by atoms with Crippen molar-refractivity contribution in [1.82, 2.24) is 4.98 Å². The van der Waals surface area contributed by atoms with E-state index in [9.17, 15) is 14.9 Å². The molecule has 0 radical (unpaired) electrons. The molecule has 6 nitrogen and oxygen atoms in total. The first-order valence-corrected chi connectivity index (χ1v) is 8.00. The number of para-hydroxylation sites is 1. The van der Waals surface area contributed by atoms with E-state index in [0.29, 0.717) is 5.69 Å². The third-order valence-electron chi connectivity index (χ3n) is 3.38. The van der Waals surface area contributed by atoms with Crippen molar-refractivity contribution in [3.8, 4) is 11.3 Å². The molecule has 0 spiro atoms. The molecule has 0 saturated carbocycles. The van der Waals surface area contributed by atoms with Crippen LogP contribution in [-0.4, -0.2) is 15.8 Å². The number of benzene rings is 2. The van der Waals surface area contributed by atoms with Crippen LogP contribution in [0.5, 0.6) is 0 Å². The van der Waals surface area contributed by atoms with E-state index in [1.807, 2.05) is 18.4 Å². The third-order valence-corrected chi connectivity index (χ3v) is 4.15. The Morgan fingerprint density at radius 2 is 2.00 bits per heavy atom. The lowest BCUT2D eigenvalue weighted by molar-refractivity contribution is -0.385. The highest BCUT2D eigenvalue weighted by atomic mass is 32.1. The molecule has 0 aliphatic heterocycles. The van der Waals surface area contributed by atoms with Crippen molar-refractivity contribution in [2.45, 2.75) is 6.92 Å². The number of hydrogen-bond acceptors (Lipinski definition) is 5. The van der Waals surface area contributed by atoms with E-state index in [4.69, 9.17) is 0 Å². The maximum atomic E-state index is 12.4. The lowest BCUT2D eigenvalue weighted by atomic mass is 10.1. The number of nitro benzene ring substituents is 1. The molecule has 2 aromatic carbocycles. The predicted octanol–water partition coefficient (Wildman–Crippen LogP) is 4.28. The average molecular weight is 339 g/mol. The topological polar surface area (TPSA) is 85.1 Å². The molecule has 120 valence electrons. The summed E-state index contributed by atoms with van der Waals surface area (Å²) in [7, 11) is 0. The molecule has 0 saturated heterocycles. The van der Waals surface area contributed by atoms with Gasteiger partial charge in [0.2, 0.25) is 0 Å². The number of carbonyl (C=O) groups is 1. The number of hydrogen-bond donors (Lipinski definition) is 1. The minimum absolute atomic E-state index is 0.0254. The van der Waals surface area contributed by atoms with Gasteiger partial charge in [-0.3, -0.25) is 14.9 Å². The van der Waals surface area contributed by atoms with Gasteiger partial charge < -0.3 is 5.32 Å². The number of thiazole rings is 1. The zero-order valence-electron chi connectivity index (χ0n) is 12.7. The molecule has 1 aromatic heterocycles. The van der Waals surface area contributed by atoms with Crippen molar-refractivity contribution < 1.29 is 9.72 Å². The Morgan fingerprint density at radius 1 is 1.21 bits per heavy atom. The Morgan fingerprint density at radius 3 is 2.71 bits per heavy atom. The van der Waals surface area contributed by atoms with Crippen LogP contribution in [0, 0.1) is 17.0 Å². The Bertz CT molecular complexity index is 921. The lowest BCUT2D eigenvalue weighted by Gasteiger charge is -2.07. The van der Waals surface area contributed by atoms with Crippen molar-refractivity contribution in [3.63, 3.8) is 0 Å². The van der Waals surface area contributed by atoms with E-state index in [1.165, 1.54) is 18.2 Å². The van der Waals surface area contributed by atoms with Gasteiger partial charge in [0.1, 0.15) is 5.56 Å². The summed E-state index contributed by atoms with van der Waals surface area (Å²) in [5, 5.41) is 16.6. The first-order valence-electron chi connectivity index (χ1n) is 7.12. The molecule has 0 unspecified atom stereocenters. The normalized spacial score (nSPS) is 10.4. The highest BCUT2D eigenvalue weighted by molar-refractivity contribution is 7.09. The Labute approximate surface area is 141 Å². The first-order chi connectivity index (χ1) is 11.5. The summed E-state index contributed by atoms with van der Waals surface area (Å²) < 4.78 is 0. The molecule has 1 amide bonds. The zero-order valence-corrected chi connectivity index (χ0v) is 13.5. The smallest absolute Gasteiger partial charge is 0.282 e. The number of anilines is 1. The van der Waals surface area contributed by atoms with Crippen LogP contribution in [-0.2, 0) is 0 Å². The standard InChI is InChI=1S/C17H13N3O3S/c1-11-18-15(10-24-11)12-5-4-6-13(9-12)19-17(21)14-7-2-3-8-16(14)20(22)23/h2-10H,1H3,(H,19,21). The van der Waals surface area contributed by atoms with Crippen molar-refractivity contribution in [3.05, 3.63) is 74.6 Å². The number of aromatic nitrogens is 1. The number of nitrogens with one attached hydrogen (secondary N) is 1. The van der Waals surface area contributed by atoms with Crippen LogP contribution < -0.4 is 5.32 Å². The maximum Gasteiger partial charge on any atom is 0.282 e. The highest BCUT2D eigenvalue weighted by Crippen LogP contribution is 2.25. The van der Waals surface area contributed by atoms with E-state index >= 15 is 0 Å². The van der Waals surface area contributed by atoms with Crippen molar-refractivity contribution in [2.75, 3.05) is 5.32 Å². The fraction of sp³-hybridized carbons (Fsp3) is 0.0588. The number of rotatable bonds is 4. The molecule has 1 N–H and O–H groups in total. The molecule has 0 fully saturated rings. The molecule has 24 heavy (non-hydrogen) atoms. The monoisotopic (exact) mass is 339 g/mol. The van der Waals surface area contributed by atoms with Gasteiger partial charge in [0.05, 0.1) is 15.6 Å². The van der Waals surface area contributed by atoms with Gasteiger partial charge in [-0.1, -0.05) is 24.3 Å². The van der Waals surface area contributed by atoms with Crippen LogP contribution in [0.25, 0.3) is 11.3 Å². The predicted molar refractivity (Wildman–Crippen MR) is 93.3 cm³/mol. The summed E-state index contributed by atoms with van der Waals surface area (Å²) in [5.74, 6) is -0.520. The molecule has 0 atom stereocenters. The Kier molecular flexibility index (Phi) is 4.35. The lowest BCUT2D eigenvalue weighted by Crippen LogP contribution is -2.13. The van der Waals surface area contributed by atoms with Gasteiger partial charge in [0.25, 0.3) is 11.6 Å². The van der Waals surface area contributed by atoms with Crippen molar-refractivity contribution >= 4 is 28.6 Å². The minimum atomic E-state index is -0.566. The van der Waals surface area contributed by atoms with E-state index in [1.54, 1.807) is 35.6 Å². The van der Waals surface area contributed by atoms with E-state index < -0.39 is 10.8 Å². The van der Waals surface area contributed by atoms with E-state index in [2.05, 4.69) is 10.3 Å². The second-order valence-electron chi connectivity index (χ2n) is 5.06. The van der Waals surface area contributed by atoms with Crippen LogP contribution in [0.2, 0.25) is 0 Å². The minimum Gasteiger partial charge on any atom is -0.322 e. The van der Waals surface area contributed by atoms with Gasteiger partial charge >= 0.3 is 0 Å². The number of amides is 1. The highest BCUT2D eigenvalue weighted by Gasteiger charge is 2.19. The molecular formula is C17H13N3O3S. The molecule has 7 heteroatoms. The molecule has 1 heterocycles. The van der Waals surface area contributed by atoms with Gasteiger partial charge in [-0.15, -0.1) is 11.3 Å². The number of nitro groups is 1. The maximum absolute atomic E-state index is 12.4. The zero-order chi connectivity index (χ0) is 17.1. The van der Waals surface area contributed by atoms with E-state index in [0.717, 1.165) is 16.3 Å². The van der Waals surface area contributed by atoms with Gasteiger partial charge in [-0.2, -0.15) is 0 Å². The molecule has 3 rings (SSSR count). The molecule has 0 aliphatic carbocycles. The fourth-order valence-corrected chi connectivity index (χ4v) is 2.90. The second-order valence-corrected chi connectivity index (χ2v) is 6.12. The average Bonchev–Trinajstić information content (AvgIpc) is 3.01. The third kappa shape index (κ3) is 3.31. The van der Waals surface area contributed by atoms with Gasteiger partial charge in [-0.25, -0.2) is 4.98 Å². The summed E-state index contributed by atoms with van der Waals surface area (Å²) in [4.78, 5) is 27.2. The van der Waals surface area contributed by atoms with Gasteiger partial charge in [0.15, 0.2) is 0 Å². The van der Waals surface area contributed by atoms with Gasteiger partial charge in [-0.05, 0) is 25.1 Å². The first kappa shape index (κ1) is 15.8. The Hall–Kier alpha value is -3.06. The molecular weight excluding hydrogens is 326 g/mol. The second kappa shape index (κ2) is 6.59. The van der Waals surface area contributed by atoms with Crippen LogP contribution in [0.4, 0.5) is 11.4 Å². The van der Waals surface area contributed by atoms with E-state index in [-0.39, 0.29) is 11.3 Å².